The van der Waals surface area contributed by atoms with Crippen LogP contribution in [-0.2, 0) is 4.79 Å². The molecule has 2 fully saturated rings. The highest BCUT2D eigenvalue weighted by Crippen LogP contribution is 2.62. The van der Waals surface area contributed by atoms with Gasteiger partial charge in [-0.3, -0.25) is 4.79 Å². The Morgan fingerprint density at radius 1 is 1.38 bits per heavy atom. The number of rotatable bonds is 2. The van der Waals surface area contributed by atoms with E-state index in [4.69, 9.17) is 0 Å². The summed E-state index contributed by atoms with van der Waals surface area (Å²) in [5.74, 6) is 0.815. The van der Waals surface area contributed by atoms with Crippen molar-refractivity contribution < 1.29 is 4.79 Å². The molecule has 2 aliphatic rings. The Morgan fingerprint density at radius 3 is 2.54 bits per heavy atom. The lowest BCUT2D eigenvalue weighted by Crippen LogP contribution is -2.49. The van der Waals surface area contributed by atoms with E-state index >= 15 is 0 Å². The predicted molar refractivity (Wildman–Crippen MR) is 52.2 cm³/mol. The molecule has 0 radical (unpaired) electrons. The quantitative estimate of drug-likeness (QED) is 0.648. The maximum atomic E-state index is 10.6. The molecule has 0 aliphatic heterocycles. The molecule has 2 nitrogen and oxygen atoms in total. The van der Waals surface area contributed by atoms with Gasteiger partial charge in [0.25, 0.3) is 0 Å². The highest BCUT2D eigenvalue weighted by Gasteiger charge is 2.59. The van der Waals surface area contributed by atoms with Crippen molar-refractivity contribution in [3.63, 3.8) is 0 Å². The van der Waals surface area contributed by atoms with Gasteiger partial charge < -0.3 is 5.32 Å². The van der Waals surface area contributed by atoms with E-state index < -0.39 is 0 Å². The van der Waals surface area contributed by atoms with Gasteiger partial charge in [-0.05, 0) is 36.0 Å². The average Bonchev–Trinajstić information content (AvgIpc) is 2.50. The first kappa shape index (κ1) is 9.04. The SMILES string of the molecule is CC1(C)[C@H]2CC[C@](C)(C2)[C@@H]1NC=O. The second kappa shape index (κ2) is 2.49. The van der Waals surface area contributed by atoms with E-state index in [1.165, 1.54) is 19.3 Å². The van der Waals surface area contributed by atoms with Crippen molar-refractivity contribution in [2.24, 2.45) is 16.7 Å². The summed E-state index contributed by atoms with van der Waals surface area (Å²) < 4.78 is 0. The van der Waals surface area contributed by atoms with Gasteiger partial charge in [-0.1, -0.05) is 20.8 Å². The molecular weight excluding hydrogens is 162 g/mol. The third kappa shape index (κ3) is 1.04. The molecule has 0 spiro atoms. The van der Waals surface area contributed by atoms with Crippen LogP contribution in [0.15, 0.2) is 0 Å². The number of nitrogens with one attached hydrogen (secondary N) is 1. The maximum absolute atomic E-state index is 10.6. The second-order valence-corrected chi connectivity index (χ2v) is 5.63. The monoisotopic (exact) mass is 181 g/mol. The number of hydrogen-bond donors (Lipinski definition) is 1. The standard InChI is InChI=1S/C11H19NO/c1-10(2)8-4-5-11(3,6-8)9(10)12-7-13/h7-9H,4-6H2,1-3H3,(H,12,13)/t8-,9+,11+/m0/s1. The number of fused-ring (bicyclic) bond motifs is 2. The van der Waals surface area contributed by atoms with Gasteiger partial charge in [0.05, 0.1) is 0 Å². The zero-order chi connectivity index (χ0) is 9.69. The molecule has 2 bridgehead atoms. The fourth-order valence-electron chi connectivity index (χ4n) is 3.79. The van der Waals surface area contributed by atoms with E-state index in [2.05, 4.69) is 26.1 Å². The van der Waals surface area contributed by atoms with E-state index in [1.54, 1.807) is 0 Å². The van der Waals surface area contributed by atoms with Gasteiger partial charge >= 0.3 is 0 Å². The summed E-state index contributed by atoms with van der Waals surface area (Å²) in [5.41, 5.74) is 0.670. The molecular formula is C11H19NO. The molecule has 3 atom stereocenters. The minimum atomic E-state index is 0.300. The summed E-state index contributed by atoms with van der Waals surface area (Å²) in [6.45, 7) is 6.91. The van der Waals surface area contributed by atoms with Crippen molar-refractivity contribution in [1.82, 2.24) is 5.32 Å². The van der Waals surface area contributed by atoms with Gasteiger partial charge in [0.15, 0.2) is 0 Å². The van der Waals surface area contributed by atoms with Gasteiger partial charge in [0.1, 0.15) is 0 Å². The molecule has 0 aromatic heterocycles. The normalized spacial score (nSPS) is 46.4. The van der Waals surface area contributed by atoms with Gasteiger partial charge in [-0.15, -0.1) is 0 Å². The zero-order valence-electron chi connectivity index (χ0n) is 8.76. The van der Waals surface area contributed by atoms with Crippen LogP contribution < -0.4 is 5.32 Å². The van der Waals surface area contributed by atoms with Crippen LogP contribution in [0.1, 0.15) is 40.0 Å². The van der Waals surface area contributed by atoms with Crippen LogP contribution in [0.2, 0.25) is 0 Å². The summed E-state index contributed by atoms with van der Waals surface area (Å²) in [7, 11) is 0. The van der Waals surface area contributed by atoms with Gasteiger partial charge in [0, 0.05) is 6.04 Å². The van der Waals surface area contributed by atoms with Crippen LogP contribution in [0.5, 0.6) is 0 Å². The number of carbonyl (C=O) groups excluding carboxylic acids is 1. The van der Waals surface area contributed by atoms with E-state index in [1.807, 2.05) is 0 Å². The first-order chi connectivity index (χ1) is 6.00. The van der Waals surface area contributed by atoms with Crippen molar-refractivity contribution in [2.75, 3.05) is 0 Å². The van der Waals surface area contributed by atoms with Crippen LogP contribution in [0.25, 0.3) is 0 Å². The van der Waals surface area contributed by atoms with Crippen LogP contribution in [0, 0.1) is 16.7 Å². The molecule has 0 heterocycles. The van der Waals surface area contributed by atoms with Crippen molar-refractivity contribution in [1.29, 1.82) is 0 Å². The Bertz CT molecular complexity index is 231. The lowest BCUT2D eigenvalue weighted by molar-refractivity contribution is -0.112. The van der Waals surface area contributed by atoms with E-state index in [0.29, 0.717) is 16.9 Å². The highest BCUT2D eigenvalue weighted by molar-refractivity contribution is 5.48. The number of hydrogen-bond acceptors (Lipinski definition) is 1. The molecule has 2 aliphatic carbocycles. The van der Waals surface area contributed by atoms with Crippen molar-refractivity contribution in [3.8, 4) is 0 Å². The smallest absolute Gasteiger partial charge is 0.207 e. The molecule has 1 N–H and O–H groups in total. The lowest BCUT2D eigenvalue weighted by Gasteiger charge is -2.42. The fourth-order valence-corrected chi connectivity index (χ4v) is 3.79. The largest absolute Gasteiger partial charge is 0.355 e. The third-order valence-corrected chi connectivity index (χ3v) is 4.50. The number of amides is 1. The summed E-state index contributed by atoms with van der Waals surface area (Å²) in [5, 5.41) is 3.03. The Labute approximate surface area is 80.1 Å². The first-order valence-corrected chi connectivity index (χ1v) is 5.20. The van der Waals surface area contributed by atoms with Crippen molar-refractivity contribution >= 4 is 6.41 Å². The van der Waals surface area contributed by atoms with Gasteiger partial charge in [0.2, 0.25) is 6.41 Å². The number of carbonyl (C=O) groups is 1. The maximum Gasteiger partial charge on any atom is 0.207 e. The van der Waals surface area contributed by atoms with Crippen LogP contribution in [0.4, 0.5) is 0 Å². The fraction of sp³-hybridized carbons (Fsp3) is 0.909. The highest BCUT2D eigenvalue weighted by atomic mass is 16.1. The molecule has 1 amide bonds. The second-order valence-electron chi connectivity index (χ2n) is 5.63. The predicted octanol–water partition coefficient (Wildman–Crippen LogP) is 1.95. The summed E-state index contributed by atoms with van der Waals surface area (Å²) in [6, 6.07) is 0.385. The Morgan fingerprint density at radius 2 is 2.08 bits per heavy atom. The third-order valence-electron chi connectivity index (χ3n) is 4.50. The van der Waals surface area contributed by atoms with Crippen molar-refractivity contribution in [3.05, 3.63) is 0 Å². The first-order valence-electron chi connectivity index (χ1n) is 5.20. The van der Waals surface area contributed by atoms with Crippen LogP contribution in [0.3, 0.4) is 0 Å². The van der Waals surface area contributed by atoms with E-state index in [9.17, 15) is 4.79 Å². The zero-order valence-corrected chi connectivity index (χ0v) is 8.76. The molecule has 2 rings (SSSR count). The van der Waals surface area contributed by atoms with Gasteiger partial charge in [-0.2, -0.15) is 0 Å². The molecule has 0 unspecified atom stereocenters. The molecule has 13 heavy (non-hydrogen) atoms. The molecule has 0 saturated heterocycles. The summed E-state index contributed by atoms with van der Waals surface area (Å²) >= 11 is 0. The molecule has 0 aromatic rings. The average molecular weight is 181 g/mol. The van der Waals surface area contributed by atoms with Crippen molar-refractivity contribution in [2.45, 2.75) is 46.1 Å². The van der Waals surface area contributed by atoms with E-state index in [0.717, 1.165) is 12.3 Å². The molecule has 0 aromatic carbocycles. The van der Waals surface area contributed by atoms with Crippen LogP contribution >= 0.6 is 0 Å². The Kier molecular flexibility index (Phi) is 1.73. The summed E-state index contributed by atoms with van der Waals surface area (Å²) in [4.78, 5) is 10.6. The molecule has 74 valence electrons. The minimum Gasteiger partial charge on any atom is -0.355 e. The minimum absolute atomic E-state index is 0.300. The Hall–Kier alpha value is -0.530. The molecule has 2 saturated carbocycles. The van der Waals surface area contributed by atoms with Crippen LogP contribution in [-0.4, -0.2) is 12.5 Å². The van der Waals surface area contributed by atoms with E-state index in [-0.39, 0.29) is 0 Å². The molecule has 2 heteroatoms. The lowest BCUT2D eigenvalue weighted by atomic mass is 9.68. The Balaban J connectivity index is 2.28. The topological polar surface area (TPSA) is 29.1 Å². The summed E-state index contributed by atoms with van der Waals surface area (Å²) in [6.07, 6.45) is 4.80. The van der Waals surface area contributed by atoms with Gasteiger partial charge in [-0.25, -0.2) is 0 Å².